The molecule has 102 valence electrons. The van der Waals surface area contributed by atoms with Gasteiger partial charge in [0.25, 0.3) is 0 Å². The molecule has 0 radical (unpaired) electrons. The van der Waals surface area contributed by atoms with E-state index >= 15 is 0 Å². The Morgan fingerprint density at radius 3 is 2.47 bits per heavy atom. The Morgan fingerprint density at radius 2 is 1.89 bits per heavy atom. The van der Waals surface area contributed by atoms with Crippen LogP contribution in [0.25, 0.3) is 0 Å². The molecule has 1 N–H and O–H groups in total. The number of anilines is 1. The monoisotopic (exact) mass is 265 g/mol. The maximum absolute atomic E-state index is 11.5. The summed E-state index contributed by atoms with van der Waals surface area (Å²) in [5.41, 5.74) is 0.558. The topological polar surface area (TPSA) is 73.9 Å². The van der Waals surface area contributed by atoms with Crippen molar-refractivity contribution >= 4 is 17.6 Å². The van der Waals surface area contributed by atoms with Crippen LogP contribution in [0, 0.1) is 0 Å². The largest absolute Gasteiger partial charge is 0.497 e. The Labute approximate surface area is 111 Å². The van der Waals surface area contributed by atoms with Crippen molar-refractivity contribution in [2.24, 2.45) is 0 Å². The van der Waals surface area contributed by atoms with E-state index in [-0.39, 0.29) is 5.70 Å². The second-order valence-corrected chi connectivity index (χ2v) is 3.43. The summed E-state index contributed by atoms with van der Waals surface area (Å²) in [7, 11) is 3.98. The summed E-state index contributed by atoms with van der Waals surface area (Å²) in [5.74, 6) is -0.712. The van der Waals surface area contributed by atoms with Crippen LogP contribution in [0.3, 0.4) is 0 Å². The third-order valence-electron chi connectivity index (χ3n) is 2.22. The maximum Gasteiger partial charge on any atom is 0.354 e. The van der Waals surface area contributed by atoms with E-state index < -0.39 is 11.9 Å². The van der Waals surface area contributed by atoms with Crippen LogP contribution in [-0.4, -0.2) is 33.3 Å². The van der Waals surface area contributed by atoms with Gasteiger partial charge in [0, 0.05) is 11.8 Å². The van der Waals surface area contributed by atoms with Gasteiger partial charge in [0.15, 0.2) is 0 Å². The van der Waals surface area contributed by atoms with Gasteiger partial charge in [-0.25, -0.2) is 9.59 Å². The molecule has 1 aromatic carbocycles. The van der Waals surface area contributed by atoms with Crippen molar-refractivity contribution in [1.29, 1.82) is 0 Å². The highest BCUT2D eigenvalue weighted by molar-refractivity contribution is 5.98. The lowest BCUT2D eigenvalue weighted by molar-refractivity contribution is -0.138. The number of hydrogen-bond acceptors (Lipinski definition) is 6. The van der Waals surface area contributed by atoms with Crippen LogP contribution < -0.4 is 10.1 Å². The molecule has 0 saturated heterocycles. The smallest absolute Gasteiger partial charge is 0.354 e. The van der Waals surface area contributed by atoms with Crippen molar-refractivity contribution in [2.75, 3.05) is 26.6 Å². The number of ether oxygens (including phenoxy) is 3. The molecule has 0 heterocycles. The van der Waals surface area contributed by atoms with Crippen molar-refractivity contribution in [3.63, 3.8) is 0 Å². The average molecular weight is 265 g/mol. The summed E-state index contributed by atoms with van der Waals surface area (Å²) < 4.78 is 14.1. The zero-order chi connectivity index (χ0) is 14.3. The molecule has 19 heavy (non-hydrogen) atoms. The Bertz CT molecular complexity index is 496. The minimum Gasteiger partial charge on any atom is -0.497 e. The zero-order valence-electron chi connectivity index (χ0n) is 10.9. The molecule has 0 saturated carbocycles. The van der Waals surface area contributed by atoms with Crippen molar-refractivity contribution in [1.82, 2.24) is 0 Å². The highest BCUT2D eigenvalue weighted by Crippen LogP contribution is 2.18. The zero-order valence-corrected chi connectivity index (χ0v) is 10.9. The maximum atomic E-state index is 11.5. The van der Waals surface area contributed by atoms with Crippen LogP contribution in [-0.2, 0) is 19.1 Å². The van der Waals surface area contributed by atoms with Crippen LogP contribution in [0.2, 0.25) is 0 Å². The first-order valence-electron chi connectivity index (χ1n) is 5.39. The molecule has 0 amide bonds. The molecule has 0 bridgehead atoms. The van der Waals surface area contributed by atoms with Crippen LogP contribution in [0.1, 0.15) is 0 Å². The first-order valence-corrected chi connectivity index (χ1v) is 5.39. The molecule has 0 aromatic heterocycles. The van der Waals surface area contributed by atoms with E-state index in [1.807, 2.05) is 0 Å². The summed E-state index contributed by atoms with van der Waals surface area (Å²) >= 11 is 0. The molecule has 0 fully saturated rings. The van der Waals surface area contributed by atoms with Gasteiger partial charge in [0.1, 0.15) is 11.4 Å². The molecular weight excluding hydrogens is 250 g/mol. The molecule has 0 unspecified atom stereocenters. The first kappa shape index (κ1) is 14.6. The van der Waals surface area contributed by atoms with Gasteiger partial charge in [0.2, 0.25) is 0 Å². The summed E-state index contributed by atoms with van der Waals surface area (Å²) in [6.45, 7) is 0. The van der Waals surface area contributed by atoms with E-state index in [9.17, 15) is 9.59 Å². The van der Waals surface area contributed by atoms with Gasteiger partial charge in [0.05, 0.1) is 27.4 Å². The number of esters is 2. The minimum absolute atomic E-state index is 0.0254. The standard InChI is InChI=1S/C13H15NO5/c1-17-10-6-4-5-9(7-10)14-11(13(16)19-3)8-12(15)18-2/h4-8,14H,1-3H3. The Balaban J connectivity index is 2.97. The van der Waals surface area contributed by atoms with Crippen molar-refractivity contribution in [2.45, 2.75) is 0 Å². The number of hydrogen-bond donors (Lipinski definition) is 1. The summed E-state index contributed by atoms with van der Waals surface area (Å²) in [6.07, 6.45) is 1.02. The van der Waals surface area contributed by atoms with E-state index in [2.05, 4.69) is 14.8 Å². The fraction of sp³-hybridized carbons (Fsp3) is 0.231. The van der Waals surface area contributed by atoms with Crippen LogP contribution >= 0.6 is 0 Å². The molecule has 0 aliphatic heterocycles. The van der Waals surface area contributed by atoms with Gasteiger partial charge < -0.3 is 19.5 Å². The van der Waals surface area contributed by atoms with E-state index in [1.54, 1.807) is 24.3 Å². The lowest BCUT2D eigenvalue weighted by Gasteiger charge is -2.10. The van der Waals surface area contributed by atoms with Gasteiger partial charge in [-0.05, 0) is 12.1 Å². The predicted octanol–water partition coefficient (Wildman–Crippen LogP) is 1.34. The molecule has 0 aliphatic carbocycles. The van der Waals surface area contributed by atoms with Gasteiger partial charge in [-0.3, -0.25) is 0 Å². The normalized spacial score (nSPS) is 10.6. The first-order chi connectivity index (χ1) is 9.10. The van der Waals surface area contributed by atoms with Crippen LogP contribution in [0.5, 0.6) is 5.75 Å². The lowest BCUT2D eigenvalue weighted by atomic mass is 10.2. The molecule has 6 nitrogen and oxygen atoms in total. The molecule has 1 aromatic rings. The predicted molar refractivity (Wildman–Crippen MR) is 68.7 cm³/mol. The fourth-order valence-corrected chi connectivity index (χ4v) is 1.29. The number of benzene rings is 1. The molecule has 6 heteroatoms. The summed E-state index contributed by atoms with van der Waals surface area (Å²) in [6, 6.07) is 6.89. The van der Waals surface area contributed by atoms with Gasteiger partial charge in [-0.15, -0.1) is 0 Å². The Kier molecular flexibility index (Phi) is 5.40. The quantitative estimate of drug-likeness (QED) is 0.639. The second kappa shape index (κ2) is 7.05. The number of nitrogens with one attached hydrogen (secondary N) is 1. The Hall–Kier alpha value is -2.50. The van der Waals surface area contributed by atoms with Crippen LogP contribution in [0.15, 0.2) is 36.0 Å². The van der Waals surface area contributed by atoms with Gasteiger partial charge in [-0.2, -0.15) is 0 Å². The lowest BCUT2D eigenvalue weighted by Crippen LogP contribution is -2.15. The van der Waals surface area contributed by atoms with E-state index in [4.69, 9.17) is 4.74 Å². The van der Waals surface area contributed by atoms with Gasteiger partial charge in [-0.1, -0.05) is 6.07 Å². The highest BCUT2D eigenvalue weighted by atomic mass is 16.5. The molecule has 0 spiro atoms. The molecule has 0 aliphatic rings. The highest BCUT2D eigenvalue weighted by Gasteiger charge is 2.12. The number of rotatable bonds is 5. The summed E-state index contributed by atoms with van der Waals surface area (Å²) in [4.78, 5) is 22.7. The number of carbonyl (C=O) groups is 2. The van der Waals surface area contributed by atoms with E-state index in [1.165, 1.54) is 21.3 Å². The molecular formula is C13H15NO5. The molecule has 0 atom stereocenters. The average Bonchev–Trinajstić information content (AvgIpc) is 2.45. The summed E-state index contributed by atoms with van der Waals surface area (Å²) in [5, 5.41) is 2.78. The van der Waals surface area contributed by atoms with Gasteiger partial charge >= 0.3 is 11.9 Å². The van der Waals surface area contributed by atoms with Crippen molar-refractivity contribution < 1.29 is 23.8 Å². The van der Waals surface area contributed by atoms with E-state index in [0.29, 0.717) is 11.4 Å². The van der Waals surface area contributed by atoms with Crippen LogP contribution in [0.4, 0.5) is 5.69 Å². The third kappa shape index (κ3) is 4.34. The van der Waals surface area contributed by atoms with E-state index in [0.717, 1.165) is 6.08 Å². The third-order valence-corrected chi connectivity index (χ3v) is 2.22. The minimum atomic E-state index is -0.673. The van der Waals surface area contributed by atoms with Crippen molar-refractivity contribution in [3.05, 3.63) is 36.0 Å². The number of methoxy groups -OCH3 is 3. The second-order valence-electron chi connectivity index (χ2n) is 3.43. The van der Waals surface area contributed by atoms with Crippen molar-refractivity contribution in [3.8, 4) is 5.75 Å². The number of carbonyl (C=O) groups excluding carboxylic acids is 2. The Morgan fingerprint density at radius 1 is 1.16 bits per heavy atom. The SMILES string of the molecule is COC(=O)C=C(Nc1cccc(OC)c1)C(=O)OC. The molecule has 1 rings (SSSR count). The fourth-order valence-electron chi connectivity index (χ4n) is 1.29.